The highest BCUT2D eigenvalue weighted by Crippen LogP contribution is 2.42. The number of carbonyl (C=O) groups is 1. The number of hydrogen-bond donors (Lipinski definition) is 2. The summed E-state index contributed by atoms with van der Waals surface area (Å²) in [7, 11) is 1.75. The summed E-state index contributed by atoms with van der Waals surface area (Å²) in [6.07, 6.45) is 3.29. The monoisotopic (exact) mass is 477 g/mol. The Morgan fingerprint density at radius 2 is 1.89 bits per heavy atom. The van der Waals surface area contributed by atoms with Crippen molar-refractivity contribution in [1.82, 2.24) is 19.9 Å². The van der Waals surface area contributed by atoms with Crippen molar-refractivity contribution < 1.29 is 14.3 Å². The van der Waals surface area contributed by atoms with Crippen LogP contribution in [-0.2, 0) is 6.54 Å². The van der Waals surface area contributed by atoms with Crippen molar-refractivity contribution >= 4 is 11.9 Å². The van der Waals surface area contributed by atoms with Crippen molar-refractivity contribution in [2.45, 2.75) is 47.3 Å². The Labute approximate surface area is 204 Å². The maximum Gasteiger partial charge on any atom is 0.258 e. The zero-order valence-electron chi connectivity index (χ0n) is 21.0. The highest BCUT2D eigenvalue weighted by molar-refractivity contribution is 6.02. The number of pyridine rings is 1. The van der Waals surface area contributed by atoms with Crippen LogP contribution in [0.5, 0.6) is 11.5 Å². The maximum absolute atomic E-state index is 13.9. The van der Waals surface area contributed by atoms with Crippen molar-refractivity contribution in [3.8, 4) is 22.6 Å². The van der Waals surface area contributed by atoms with Gasteiger partial charge in [-0.05, 0) is 52.3 Å². The largest absolute Gasteiger partial charge is 0.491 e. The molecule has 1 aliphatic heterocycles. The number of carbonyl (C=O) groups excluding carboxylic acids is 1. The van der Waals surface area contributed by atoms with Crippen molar-refractivity contribution in [3.05, 3.63) is 62.8 Å². The third kappa shape index (κ3) is 4.84. The van der Waals surface area contributed by atoms with E-state index in [-0.39, 0.29) is 30.7 Å². The molecule has 4 rings (SSSR count). The van der Waals surface area contributed by atoms with Crippen molar-refractivity contribution in [1.29, 1.82) is 0 Å². The number of fused-ring (bicyclic) bond motifs is 1. The quantitative estimate of drug-likeness (QED) is 0.558. The number of aromatic amines is 1. The minimum atomic E-state index is -0.211. The first-order valence-electron chi connectivity index (χ1n) is 11.7. The number of benzene rings is 1. The minimum absolute atomic E-state index is 0.0887. The van der Waals surface area contributed by atoms with Gasteiger partial charge in [-0.3, -0.25) is 9.59 Å². The molecule has 1 amide bonds. The lowest BCUT2D eigenvalue weighted by molar-refractivity contribution is 0.0741. The zero-order chi connectivity index (χ0) is 25.3. The minimum Gasteiger partial charge on any atom is -0.491 e. The molecule has 3 aromatic rings. The Morgan fingerprint density at radius 1 is 1.17 bits per heavy atom. The van der Waals surface area contributed by atoms with E-state index in [4.69, 9.17) is 9.47 Å². The second-order valence-corrected chi connectivity index (χ2v) is 8.98. The molecule has 35 heavy (non-hydrogen) atoms. The van der Waals surface area contributed by atoms with Crippen molar-refractivity contribution in [2.75, 3.05) is 25.5 Å². The third-order valence-corrected chi connectivity index (χ3v) is 5.99. The molecule has 0 aliphatic carbocycles. The molecular weight excluding hydrogens is 446 g/mol. The van der Waals surface area contributed by atoms with Crippen molar-refractivity contribution in [3.63, 3.8) is 0 Å². The van der Waals surface area contributed by atoms with Crippen LogP contribution in [0, 0.1) is 20.8 Å². The fourth-order valence-corrected chi connectivity index (χ4v) is 4.26. The average Bonchev–Trinajstić information content (AvgIpc) is 2.97. The highest BCUT2D eigenvalue weighted by atomic mass is 16.5. The lowest BCUT2D eigenvalue weighted by Gasteiger charge is -2.23. The maximum atomic E-state index is 13.9. The summed E-state index contributed by atoms with van der Waals surface area (Å²) in [5.41, 5.74) is 4.53. The van der Waals surface area contributed by atoms with Gasteiger partial charge in [0.15, 0.2) is 0 Å². The van der Waals surface area contributed by atoms with E-state index in [1.54, 1.807) is 24.3 Å². The molecule has 0 radical (unpaired) electrons. The molecule has 0 fully saturated rings. The number of aromatic nitrogens is 3. The van der Waals surface area contributed by atoms with E-state index >= 15 is 0 Å². The molecule has 0 spiro atoms. The number of anilines is 1. The van der Waals surface area contributed by atoms with Gasteiger partial charge in [0.2, 0.25) is 5.95 Å². The molecular formula is C26H31N5O4. The van der Waals surface area contributed by atoms with Gasteiger partial charge in [0.25, 0.3) is 11.5 Å². The number of ether oxygens (including phenoxy) is 2. The molecule has 0 saturated heterocycles. The van der Waals surface area contributed by atoms with E-state index in [0.717, 1.165) is 11.3 Å². The Hall–Kier alpha value is -3.88. The number of nitrogens with one attached hydrogen (secondary N) is 2. The summed E-state index contributed by atoms with van der Waals surface area (Å²) < 4.78 is 12.3. The summed E-state index contributed by atoms with van der Waals surface area (Å²) >= 11 is 0. The van der Waals surface area contributed by atoms with Gasteiger partial charge >= 0.3 is 0 Å². The molecule has 3 heterocycles. The topological polar surface area (TPSA) is 109 Å². The van der Waals surface area contributed by atoms with Gasteiger partial charge in [0.1, 0.15) is 18.1 Å². The Balaban J connectivity index is 1.83. The normalized spacial score (nSPS) is 13.3. The van der Waals surface area contributed by atoms with E-state index in [9.17, 15) is 9.59 Å². The third-order valence-electron chi connectivity index (χ3n) is 5.99. The second kappa shape index (κ2) is 9.77. The molecule has 1 aromatic carbocycles. The molecule has 9 nitrogen and oxygen atoms in total. The van der Waals surface area contributed by atoms with Crippen LogP contribution >= 0.6 is 0 Å². The number of H-pyrrole nitrogens is 1. The first-order valence-corrected chi connectivity index (χ1v) is 11.7. The number of aryl methyl sites for hydroxylation is 2. The summed E-state index contributed by atoms with van der Waals surface area (Å²) in [4.78, 5) is 39.7. The number of hydrogen-bond acceptors (Lipinski definition) is 7. The predicted molar refractivity (Wildman–Crippen MR) is 134 cm³/mol. The van der Waals surface area contributed by atoms with Crippen molar-refractivity contribution in [2.24, 2.45) is 0 Å². The number of nitrogens with zero attached hydrogens (tertiary/aromatic N) is 3. The second-order valence-electron chi connectivity index (χ2n) is 8.98. The summed E-state index contributed by atoms with van der Waals surface area (Å²) in [6.45, 7) is 10.3. The lowest BCUT2D eigenvalue weighted by Crippen LogP contribution is -2.35. The molecule has 1 aliphatic rings. The Kier molecular flexibility index (Phi) is 6.77. The van der Waals surface area contributed by atoms with Crippen LogP contribution in [0.25, 0.3) is 11.1 Å². The van der Waals surface area contributed by atoms with Crippen LogP contribution in [-0.4, -0.2) is 52.1 Å². The van der Waals surface area contributed by atoms with Gasteiger partial charge in [0, 0.05) is 47.4 Å². The molecule has 0 saturated carbocycles. The predicted octanol–water partition coefficient (Wildman–Crippen LogP) is 3.62. The Bertz CT molecular complexity index is 1310. The molecule has 184 valence electrons. The van der Waals surface area contributed by atoms with E-state index < -0.39 is 0 Å². The van der Waals surface area contributed by atoms with Crippen LogP contribution in [0.3, 0.4) is 0 Å². The van der Waals surface area contributed by atoms with E-state index in [2.05, 4.69) is 20.3 Å². The van der Waals surface area contributed by atoms with E-state index in [1.165, 1.54) is 0 Å². The standard InChI is InChI=1S/C26H31N5O4/c1-14(2)35-21-10-19(18-11-28-26(27-6)29-12-18)23-22(17(21)5)25(33)31(7-8-34-23)13-20-15(3)9-16(4)30-24(20)32/h9-12,14H,7-8,13H2,1-6H3,(H,30,32)(H,27,28,29). The molecule has 2 aromatic heterocycles. The van der Waals surface area contributed by atoms with Crippen LogP contribution in [0.1, 0.15) is 46.6 Å². The zero-order valence-corrected chi connectivity index (χ0v) is 21.0. The fourth-order valence-electron chi connectivity index (χ4n) is 4.26. The van der Waals surface area contributed by atoms with Gasteiger partial charge in [0.05, 0.1) is 24.8 Å². The summed E-state index contributed by atoms with van der Waals surface area (Å²) in [6, 6.07) is 3.79. The van der Waals surface area contributed by atoms with Crippen LogP contribution in [0.15, 0.2) is 29.3 Å². The lowest BCUT2D eigenvalue weighted by atomic mass is 9.97. The number of amides is 1. The Morgan fingerprint density at radius 3 is 2.51 bits per heavy atom. The molecule has 9 heteroatoms. The van der Waals surface area contributed by atoms with Crippen LogP contribution in [0.2, 0.25) is 0 Å². The molecule has 0 unspecified atom stereocenters. The van der Waals surface area contributed by atoms with E-state index in [1.807, 2.05) is 46.8 Å². The average molecular weight is 478 g/mol. The van der Waals surface area contributed by atoms with Gasteiger partial charge in [-0.15, -0.1) is 0 Å². The first kappa shape index (κ1) is 24.3. The first-order chi connectivity index (χ1) is 16.7. The van der Waals surface area contributed by atoms with Crippen LogP contribution in [0.4, 0.5) is 5.95 Å². The number of rotatable bonds is 6. The SMILES string of the molecule is CNc1ncc(-c2cc(OC(C)C)c(C)c3c2OCCN(Cc2c(C)cc(C)[nH]c2=O)C3=O)cn1. The summed E-state index contributed by atoms with van der Waals surface area (Å²) in [5, 5.41) is 2.91. The van der Waals surface area contributed by atoms with Crippen LogP contribution < -0.4 is 20.3 Å². The summed E-state index contributed by atoms with van der Waals surface area (Å²) in [5.74, 6) is 1.35. The van der Waals surface area contributed by atoms with Gasteiger partial charge in [-0.1, -0.05) is 0 Å². The molecule has 2 N–H and O–H groups in total. The van der Waals surface area contributed by atoms with Gasteiger partial charge in [-0.2, -0.15) is 0 Å². The smallest absolute Gasteiger partial charge is 0.258 e. The molecule has 0 atom stereocenters. The van der Waals surface area contributed by atoms with Gasteiger partial charge < -0.3 is 24.7 Å². The molecule has 0 bridgehead atoms. The highest BCUT2D eigenvalue weighted by Gasteiger charge is 2.31. The van der Waals surface area contributed by atoms with E-state index in [0.29, 0.717) is 51.8 Å². The fraction of sp³-hybridized carbons (Fsp3) is 0.385. The van der Waals surface area contributed by atoms with Gasteiger partial charge in [-0.25, -0.2) is 9.97 Å².